The molecule has 3 rings (SSSR count). The topological polar surface area (TPSA) is 90.1 Å². The second kappa shape index (κ2) is 7.66. The summed E-state index contributed by atoms with van der Waals surface area (Å²) in [5.41, 5.74) is 1.48. The van der Waals surface area contributed by atoms with E-state index < -0.39 is 0 Å². The molecule has 0 saturated heterocycles. The minimum Gasteiger partial charge on any atom is -0.495 e. The molecule has 1 N–H and O–H groups in total. The third-order valence-electron chi connectivity index (χ3n) is 3.21. The van der Waals surface area contributed by atoms with Crippen molar-refractivity contribution in [3.63, 3.8) is 0 Å². The molecule has 0 bridgehead atoms. The van der Waals surface area contributed by atoms with Crippen LogP contribution in [0.15, 0.2) is 33.9 Å². The van der Waals surface area contributed by atoms with Crippen molar-refractivity contribution in [1.29, 1.82) is 0 Å². The quantitative estimate of drug-likeness (QED) is 0.658. The fourth-order valence-corrected chi connectivity index (χ4v) is 3.56. The minimum absolute atomic E-state index is 0.153. The van der Waals surface area contributed by atoms with Crippen molar-refractivity contribution in [2.45, 2.75) is 19.1 Å². The Morgan fingerprint density at radius 2 is 2.12 bits per heavy atom. The highest BCUT2D eigenvalue weighted by Gasteiger charge is 2.16. The molecule has 0 spiro atoms. The number of benzene rings is 1. The van der Waals surface area contributed by atoms with E-state index in [0.717, 1.165) is 15.6 Å². The molecule has 1 amide bonds. The Kier molecular flexibility index (Phi) is 5.34. The molecule has 2 heterocycles. The zero-order chi connectivity index (χ0) is 17.8. The normalized spacial score (nSPS) is 10.7. The van der Waals surface area contributed by atoms with Gasteiger partial charge < -0.3 is 14.5 Å². The number of anilines is 1. The molecule has 0 radical (unpaired) electrons. The predicted octanol–water partition coefficient (Wildman–Crippen LogP) is 3.55. The molecule has 0 aliphatic rings. The monoisotopic (exact) mass is 376 g/mol. The van der Waals surface area contributed by atoms with E-state index in [1.807, 2.05) is 26.0 Å². The third-order valence-corrected chi connectivity index (χ3v) is 5.09. The molecule has 9 heteroatoms. The molecule has 1 aromatic carbocycles. The lowest BCUT2D eigenvalue weighted by molar-refractivity contribution is -0.113. The SMILES string of the molecule is COc1ccccc1NC(=O)CSc1nnc(-c2sc(C)nc2C)o1. The smallest absolute Gasteiger partial charge is 0.277 e. The second-order valence-electron chi connectivity index (χ2n) is 5.06. The van der Waals surface area contributed by atoms with Crippen LogP contribution in [0.4, 0.5) is 5.69 Å². The maximum atomic E-state index is 12.1. The van der Waals surface area contributed by atoms with Crippen LogP contribution in [0.3, 0.4) is 0 Å². The number of carbonyl (C=O) groups excluding carboxylic acids is 1. The van der Waals surface area contributed by atoms with Gasteiger partial charge in [-0.15, -0.1) is 21.5 Å². The van der Waals surface area contributed by atoms with Gasteiger partial charge in [-0.05, 0) is 26.0 Å². The standard InChI is InChI=1S/C16H16N4O3S2/c1-9-14(25-10(2)17-9)15-19-20-16(23-15)24-8-13(21)18-11-6-4-5-7-12(11)22-3/h4-7H,8H2,1-3H3,(H,18,21). The maximum absolute atomic E-state index is 12.1. The van der Waals surface area contributed by atoms with Crippen LogP contribution in [0.1, 0.15) is 10.7 Å². The molecule has 3 aromatic rings. The second-order valence-corrected chi connectivity index (χ2v) is 7.19. The van der Waals surface area contributed by atoms with Crippen LogP contribution >= 0.6 is 23.1 Å². The molecule has 0 atom stereocenters. The number of para-hydroxylation sites is 2. The fraction of sp³-hybridized carbons (Fsp3) is 0.250. The van der Waals surface area contributed by atoms with Crippen LogP contribution in [-0.2, 0) is 4.79 Å². The molecule has 7 nitrogen and oxygen atoms in total. The number of rotatable bonds is 6. The number of ether oxygens (including phenoxy) is 1. The van der Waals surface area contributed by atoms with Crippen molar-refractivity contribution in [2.24, 2.45) is 0 Å². The Bertz CT molecular complexity index is 891. The first-order valence-corrected chi connectivity index (χ1v) is 9.20. The summed E-state index contributed by atoms with van der Waals surface area (Å²) in [5.74, 6) is 1.01. The first-order chi connectivity index (χ1) is 12.1. The summed E-state index contributed by atoms with van der Waals surface area (Å²) in [4.78, 5) is 17.3. The van der Waals surface area contributed by atoms with Crippen LogP contribution in [0.2, 0.25) is 0 Å². The lowest BCUT2D eigenvalue weighted by Gasteiger charge is -2.08. The van der Waals surface area contributed by atoms with E-state index in [0.29, 0.717) is 22.6 Å². The van der Waals surface area contributed by atoms with Gasteiger partial charge in [-0.1, -0.05) is 23.9 Å². The zero-order valence-electron chi connectivity index (χ0n) is 13.9. The first kappa shape index (κ1) is 17.4. The van der Waals surface area contributed by atoms with Gasteiger partial charge in [0, 0.05) is 0 Å². The Labute approximate surface area is 152 Å². The van der Waals surface area contributed by atoms with Crippen LogP contribution < -0.4 is 10.1 Å². The predicted molar refractivity (Wildman–Crippen MR) is 97.2 cm³/mol. The van der Waals surface area contributed by atoms with Crippen LogP contribution in [0.25, 0.3) is 10.8 Å². The van der Waals surface area contributed by atoms with Gasteiger partial charge in [-0.25, -0.2) is 4.98 Å². The molecular weight excluding hydrogens is 360 g/mol. The average Bonchev–Trinajstić information content (AvgIpc) is 3.19. The molecule has 2 aromatic heterocycles. The third kappa shape index (κ3) is 4.18. The van der Waals surface area contributed by atoms with E-state index in [9.17, 15) is 4.79 Å². The van der Waals surface area contributed by atoms with E-state index in [1.54, 1.807) is 19.2 Å². The molecule has 25 heavy (non-hydrogen) atoms. The number of aromatic nitrogens is 3. The summed E-state index contributed by atoms with van der Waals surface area (Å²) in [6.45, 7) is 3.83. The highest BCUT2D eigenvalue weighted by atomic mass is 32.2. The number of aryl methyl sites for hydroxylation is 2. The van der Waals surface area contributed by atoms with Gasteiger partial charge in [0.2, 0.25) is 5.91 Å². The molecule has 0 aliphatic carbocycles. The summed E-state index contributed by atoms with van der Waals surface area (Å²) in [6, 6.07) is 7.23. The summed E-state index contributed by atoms with van der Waals surface area (Å²) in [7, 11) is 1.56. The number of amides is 1. The van der Waals surface area contributed by atoms with Crippen molar-refractivity contribution in [2.75, 3.05) is 18.2 Å². The fourth-order valence-electron chi connectivity index (χ4n) is 2.15. The number of thioether (sulfide) groups is 1. The number of carbonyl (C=O) groups is 1. The largest absolute Gasteiger partial charge is 0.495 e. The van der Waals surface area contributed by atoms with Gasteiger partial charge >= 0.3 is 0 Å². The number of hydrogen-bond acceptors (Lipinski definition) is 8. The van der Waals surface area contributed by atoms with E-state index in [4.69, 9.17) is 9.15 Å². The van der Waals surface area contributed by atoms with Crippen molar-refractivity contribution in [3.8, 4) is 16.5 Å². The van der Waals surface area contributed by atoms with Crippen LogP contribution in [0, 0.1) is 13.8 Å². The summed E-state index contributed by atoms with van der Waals surface area (Å²) >= 11 is 2.68. The Hall–Kier alpha value is -2.39. The van der Waals surface area contributed by atoms with Crippen molar-refractivity contribution < 1.29 is 13.9 Å². The van der Waals surface area contributed by atoms with Gasteiger partial charge in [0.1, 0.15) is 10.6 Å². The van der Waals surface area contributed by atoms with Crippen LogP contribution in [0.5, 0.6) is 5.75 Å². The number of thiazole rings is 1. The molecule has 0 aliphatic heterocycles. The lowest BCUT2D eigenvalue weighted by Crippen LogP contribution is -2.14. The van der Waals surface area contributed by atoms with E-state index >= 15 is 0 Å². The van der Waals surface area contributed by atoms with Gasteiger partial charge in [0.05, 0.1) is 29.3 Å². The summed E-state index contributed by atoms with van der Waals surface area (Å²) in [6.07, 6.45) is 0. The lowest BCUT2D eigenvalue weighted by atomic mass is 10.3. The summed E-state index contributed by atoms with van der Waals surface area (Å²) < 4.78 is 10.8. The van der Waals surface area contributed by atoms with Gasteiger partial charge in [0.25, 0.3) is 11.1 Å². The van der Waals surface area contributed by atoms with E-state index in [-0.39, 0.29) is 11.7 Å². The molecule has 130 valence electrons. The van der Waals surface area contributed by atoms with Gasteiger partial charge in [-0.2, -0.15) is 0 Å². The number of methoxy groups -OCH3 is 1. The highest BCUT2D eigenvalue weighted by molar-refractivity contribution is 7.99. The average molecular weight is 376 g/mol. The Morgan fingerprint density at radius 1 is 1.32 bits per heavy atom. The number of nitrogens with zero attached hydrogens (tertiary/aromatic N) is 3. The molecule has 0 saturated carbocycles. The Morgan fingerprint density at radius 3 is 2.84 bits per heavy atom. The summed E-state index contributed by atoms with van der Waals surface area (Å²) in [5, 5.41) is 12.1. The van der Waals surface area contributed by atoms with E-state index in [1.165, 1.54) is 23.1 Å². The van der Waals surface area contributed by atoms with Gasteiger partial charge in [0.15, 0.2) is 0 Å². The first-order valence-electron chi connectivity index (χ1n) is 7.40. The van der Waals surface area contributed by atoms with E-state index in [2.05, 4.69) is 20.5 Å². The van der Waals surface area contributed by atoms with Crippen molar-refractivity contribution in [3.05, 3.63) is 35.0 Å². The Balaban J connectivity index is 1.60. The molecule has 0 fully saturated rings. The molecule has 0 unspecified atom stereocenters. The van der Waals surface area contributed by atoms with Crippen molar-refractivity contribution in [1.82, 2.24) is 15.2 Å². The minimum atomic E-state index is -0.181. The number of hydrogen-bond donors (Lipinski definition) is 1. The number of nitrogens with one attached hydrogen (secondary N) is 1. The maximum Gasteiger partial charge on any atom is 0.277 e. The van der Waals surface area contributed by atoms with Gasteiger partial charge in [-0.3, -0.25) is 4.79 Å². The molecular formula is C16H16N4O3S2. The van der Waals surface area contributed by atoms with Crippen LogP contribution in [-0.4, -0.2) is 34.0 Å². The highest BCUT2D eigenvalue weighted by Crippen LogP contribution is 2.30. The zero-order valence-corrected chi connectivity index (χ0v) is 15.5. The van der Waals surface area contributed by atoms with Crippen molar-refractivity contribution >= 4 is 34.7 Å².